The zero-order valence-electron chi connectivity index (χ0n) is 15.3. The predicted molar refractivity (Wildman–Crippen MR) is 110 cm³/mol. The summed E-state index contributed by atoms with van der Waals surface area (Å²) in [5.74, 6) is -1.20. The van der Waals surface area contributed by atoms with Gasteiger partial charge in [-0.15, -0.1) is 0 Å². The molecule has 1 aliphatic heterocycles. The molecule has 2 aromatic carbocycles. The van der Waals surface area contributed by atoms with E-state index in [0.717, 1.165) is 19.3 Å². The van der Waals surface area contributed by atoms with Gasteiger partial charge in [-0.1, -0.05) is 29.6 Å². The molecule has 10 heteroatoms. The Kier molecular flexibility index (Phi) is 6.79. The van der Waals surface area contributed by atoms with Crippen LogP contribution in [0.25, 0.3) is 0 Å². The Morgan fingerprint density at radius 3 is 2.00 bits per heavy atom. The molecule has 2 aromatic rings. The zero-order valence-corrected chi connectivity index (χ0v) is 17.6. The monoisotopic (exact) mass is 455 g/mol. The second-order valence-corrected chi connectivity index (χ2v) is 9.28. The largest absolute Gasteiger partial charge is 0.269 e. The van der Waals surface area contributed by atoms with E-state index >= 15 is 0 Å². The third-order valence-corrected chi connectivity index (χ3v) is 7.15. The van der Waals surface area contributed by atoms with E-state index in [1.54, 1.807) is 12.1 Å². The van der Waals surface area contributed by atoms with Gasteiger partial charge in [0.05, 0.1) is 5.02 Å². The first-order chi connectivity index (χ1) is 13.8. The summed E-state index contributed by atoms with van der Waals surface area (Å²) in [7, 11) is -3.81. The van der Waals surface area contributed by atoms with Crippen LogP contribution < -0.4 is 10.9 Å². The third-order valence-electron chi connectivity index (χ3n) is 4.52. The molecule has 0 aliphatic carbocycles. The van der Waals surface area contributed by atoms with Gasteiger partial charge in [-0.05, 0) is 55.3 Å². The molecule has 0 radical (unpaired) electrons. The van der Waals surface area contributed by atoms with Crippen LogP contribution in [-0.2, 0) is 10.0 Å². The van der Waals surface area contributed by atoms with Gasteiger partial charge >= 0.3 is 0 Å². The summed E-state index contributed by atoms with van der Waals surface area (Å²) in [6.07, 6.45) is 2.55. The van der Waals surface area contributed by atoms with Gasteiger partial charge in [-0.3, -0.25) is 20.4 Å². The quantitative estimate of drug-likeness (QED) is 0.691. The summed E-state index contributed by atoms with van der Waals surface area (Å²) in [5.41, 5.74) is 4.91. The van der Waals surface area contributed by atoms with Crippen LogP contribution in [0.15, 0.2) is 47.4 Å². The lowest BCUT2D eigenvalue weighted by Crippen LogP contribution is -2.41. The molecule has 2 amide bonds. The topological polar surface area (TPSA) is 95.6 Å². The standard InChI is InChI=1S/C19H19Cl2N3O4S/c20-15-7-4-13(5-8-15)18(25)22-23-19(26)14-6-9-16(21)17(12-14)29(27,28)24-10-2-1-3-11-24/h4-9,12H,1-3,10-11H2,(H,22,25)(H,23,26). The van der Waals surface area contributed by atoms with Crippen molar-refractivity contribution >= 4 is 45.0 Å². The van der Waals surface area contributed by atoms with E-state index < -0.39 is 21.8 Å². The second kappa shape index (κ2) is 9.13. The Morgan fingerprint density at radius 2 is 1.38 bits per heavy atom. The number of nitrogens with one attached hydrogen (secondary N) is 2. The fourth-order valence-electron chi connectivity index (χ4n) is 2.95. The maximum atomic E-state index is 12.9. The van der Waals surface area contributed by atoms with Crippen LogP contribution in [-0.4, -0.2) is 37.6 Å². The Labute approximate surface area is 179 Å². The minimum Gasteiger partial charge on any atom is -0.267 e. The van der Waals surface area contributed by atoms with E-state index in [0.29, 0.717) is 23.7 Å². The molecule has 3 rings (SSSR count). The van der Waals surface area contributed by atoms with Crippen molar-refractivity contribution in [2.24, 2.45) is 0 Å². The van der Waals surface area contributed by atoms with E-state index in [9.17, 15) is 18.0 Å². The Hall–Kier alpha value is -2.13. The molecule has 29 heavy (non-hydrogen) atoms. The van der Waals surface area contributed by atoms with Gasteiger partial charge in [0.1, 0.15) is 4.90 Å². The minimum absolute atomic E-state index is 0.0392. The second-order valence-electron chi connectivity index (χ2n) is 6.53. The molecule has 0 saturated carbocycles. The number of sulfonamides is 1. The first-order valence-corrected chi connectivity index (χ1v) is 11.1. The highest BCUT2D eigenvalue weighted by Crippen LogP contribution is 2.27. The molecule has 0 spiro atoms. The number of rotatable bonds is 4. The highest BCUT2D eigenvalue weighted by Gasteiger charge is 2.28. The lowest BCUT2D eigenvalue weighted by molar-refractivity contribution is 0.0846. The third kappa shape index (κ3) is 5.08. The van der Waals surface area contributed by atoms with Crippen molar-refractivity contribution in [1.82, 2.24) is 15.2 Å². The summed E-state index contributed by atoms with van der Waals surface area (Å²) in [6.45, 7) is 0.846. The van der Waals surface area contributed by atoms with Gasteiger partial charge in [0.25, 0.3) is 11.8 Å². The predicted octanol–water partition coefficient (Wildman–Crippen LogP) is 3.24. The van der Waals surface area contributed by atoms with Crippen LogP contribution in [0.1, 0.15) is 40.0 Å². The maximum absolute atomic E-state index is 12.9. The van der Waals surface area contributed by atoms with Crippen molar-refractivity contribution in [2.45, 2.75) is 24.2 Å². The Bertz CT molecular complexity index is 1020. The minimum atomic E-state index is -3.81. The first-order valence-electron chi connectivity index (χ1n) is 8.95. The molecule has 0 aromatic heterocycles. The summed E-state index contributed by atoms with van der Waals surface area (Å²) < 4.78 is 27.2. The van der Waals surface area contributed by atoms with Crippen molar-refractivity contribution < 1.29 is 18.0 Å². The number of carbonyl (C=O) groups excluding carboxylic acids is 2. The van der Waals surface area contributed by atoms with Gasteiger partial charge in [0, 0.05) is 29.2 Å². The van der Waals surface area contributed by atoms with Crippen molar-refractivity contribution in [1.29, 1.82) is 0 Å². The molecule has 7 nitrogen and oxygen atoms in total. The fourth-order valence-corrected chi connectivity index (χ4v) is 5.09. The highest BCUT2D eigenvalue weighted by atomic mass is 35.5. The summed E-state index contributed by atoms with van der Waals surface area (Å²) >= 11 is 11.9. The zero-order chi connectivity index (χ0) is 21.0. The van der Waals surface area contributed by atoms with Gasteiger partial charge in [0.15, 0.2) is 0 Å². The number of halogens is 2. The molecule has 1 fully saturated rings. The molecule has 1 aliphatic rings. The number of carbonyl (C=O) groups is 2. The Morgan fingerprint density at radius 1 is 0.828 bits per heavy atom. The lowest BCUT2D eigenvalue weighted by Gasteiger charge is -2.26. The van der Waals surface area contributed by atoms with Gasteiger partial charge in [-0.2, -0.15) is 4.31 Å². The molecule has 1 heterocycles. The van der Waals surface area contributed by atoms with E-state index in [-0.39, 0.29) is 15.5 Å². The van der Waals surface area contributed by atoms with Gasteiger partial charge in [0.2, 0.25) is 10.0 Å². The van der Waals surface area contributed by atoms with Gasteiger partial charge in [-0.25, -0.2) is 8.42 Å². The molecular formula is C19H19Cl2N3O4S. The van der Waals surface area contributed by atoms with Gasteiger partial charge < -0.3 is 0 Å². The van der Waals surface area contributed by atoms with E-state index in [4.69, 9.17) is 23.2 Å². The molecule has 0 atom stereocenters. The fraction of sp³-hybridized carbons (Fsp3) is 0.263. The van der Waals surface area contributed by atoms with Crippen molar-refractivity contribution in [3.63, 3.8) is 0 Å². The molecule has 0 unspecified atom stereocenters. The van der Waals surface area contributed by atoms with Crippen LogP contribution in [0.4, 0.5) is 0 Å². The SMILES string of the molecule is O=C(NNC(=O)c1ccc(Cl)c(S(=O)(=O)N2CCCCC2)c1)c1ccc(Cl)cc1. The normalized spacial score (nSPS) is 15.0. The molecule has 1 saturated heterocycles. The summed E-state index contributed by atoms with van der Waals surface area (Å²) in [4.78, 5) is 24.4. The average Bonchev–Trinajstić information content (AvgIpc) is 2.73. The number of hydrazine groups is 1. The van der Waals surface area contributed by atoms with Crippen molar-refractivity contribution in [3.05, 3.63) is 63.6 Å². The average molecular weight is 456 g/mol. The van der Waals surface area contributed by atoms with Crippen LogP contribution >= 0.6 is 23.2 Å². The van der Waals surface area contributed by atoms with E-state index in [1.165, 1.54) is 34.6 Å². The van der Waals surface area contributed by atoms with Crippen LogP contribution in [0.2, 0.25) is 10.0 Å². The van der Waals surface area contributed by atoms with Crippen LogP contribution in [0.3, 0.4) is 0 Å². The van der Waals surface area contributed by atoms with Crippen LogP contribution in [0.5, 0.6) is 0 Å². The number of hydrogen-bond donors (Lipinski definition) is 2. The number of piperidine rings is 1. The maximum Gasteiger partial charge on any atom is 0.269 e. The molecular weight excluding hydrogens is 437 g/mol. The number of amides is 2. The highest BCUT2D eigenvalue weighted by molar-refractivity contribution is 7.89. The smallest absolute Gasteiger partial charge is 0.267 e. The van der Waals surface area contributed by atoms with Crippen molar-refractivity contribution in [3.8, 4) is 0 Å². The first kappa shape index (κ1) is 21.6. The number of nitrogens with zero attached hydrogens (tertiary/aromatic N) is 1. The number of hydrogen-bond acceptors (Lipinski definition) is 4. The van der Waals surface area contributed by atoms with Crippen LogP contribution in [0, 0.1) is 0 Å². The lowest BCUT2D eigenvalue weighted by atomic mass is 10.2. The van der Waals surface area contributed by atoms with E-state index in [2.05, 4.69) is 10.9 Å². The molecule has 154 valence electrons. The molecule has 2 N–H and O–H groups in total. The number of benzene rings is 2. The summed E-state index contributed by atoms with van der Waals surface area (Å²) in [6, 6.07) is 10.1. The summed E-state index contributed by atoms with van der Waals surface area (Å²) in [5, 5.41) is 0.520. The Balaban J connectivity index is 1.73. The van der Waals surface area contributed by atoms with E-state index in [1.807, 2.05) is 0 Å². The molecule has 0 bridgehead atoms. The van der Waals surface area contributed by atoms with Crippen molar-refractivity contribution in [2.75, 3.05) is 13.1 Å².